The molecule has 2 nitrogen and oxygen atoms in total. The van der Waals surface area contributed by atoms with Crippen LogP contribution in [-0.4, -0.2) is 18.9 Å². The topological polar surface area (TPSA) is 29.1 Å². The highest BCUT2D eigenvalue weighted by molar-refractivity contribution is 6.01. The maximum atomic E-state index is 13.0. The van der Waals surface area contributed by atoms with Crippen LogP contribution in [-0.2, 0) is 6.42 Å². The lowest BCUT2D eigenvalue weighted by Crippen LogP contribution is -2.38. The highest BCUT2D eigenvalue weighted by atomic mass is 16.1. The molecule has 0 radical (unpaired) electrons. The highest BCUT2D eigenvalue weighted by Gasteiger charge is 2.43. The summed E-state index contributed by atoms with van der Waals surface area (Å²) in [5, 5.41) is 3.37. The quantitative estimate of drug-likeness (QED) is 0.829. The van der Waals surface area contributed by atoms with Crippen LogP contribution < -0.4 is 5.32 Å². The van der Waals surface area contributed by atoms with E-state index in [9.17, 15) is 4.79 Å². The molecule has 0 bridgehead atoms. The van der Waals surface area contributed by atoms with Crippen LogP contribution in [0.5, 0.6) is 0 Å². The molecule has 1 atom stereocenters. The summed E-state index contributed by atoms with van der Waals surface area (Å²) >= 11 is 0. The van der Waals surface area contributed by atoms with Crippen molar-refractivity contribution in [3.63, 3.8) is 0 Å². The zero-order chi connectivity index (χ0) is 14.8. The number of hydrogen-bond donors (Lipinski definition) is 1. The van der Waals surface area contributed by atoms with E-state index in [-0.39, 0.29) is 5.41 Å². The minimum atomic E-state index is -0.212. The zero-order valence-corrected chi connectivity index (χ0v) is 13.2. The number of hydrogen-bond acceptors (Lipinski definition) is 2. The molecule has 1 fully saturated rings. The fourth-order valence-electron chi connectivity index (χ4n) is 3.26. The van der Waals surface area contributed by atoms with Crippen LogP contribution in [0.15, 0.2) is 24.3 Å². The Kier molecular flexibility index (Phi) is 4.64. The molecule has 110 valence electrons. The SMILES string of the molecule is CC(C)Cc1cccc(C(=O)C2(C(C)C)CCNC2)c1. The molecule has 1 aliphatic rings. The summed E-state index contributed by atoms with van der Waals surface area (Å²) in [4.78, 5) is 13.0. The van der Waals surface area contributed by atoms with Crippen LogP contribution in [0.3, 0.4) is 0 Å². The first-order chi connectivity index (χ1) is 9.45. The van der Waals surface area contributed by atoms with Crippen LogP contribution >= 0.6 is 0 Å². The number of benzene rings is 1. The molecule has 1 aromatic carbocycles. The van der Waals surface area contributed by atoms with Crippen molar-refractivity contribution in [2.24, 2.45) is 17.3 Å². The molecule has 0 aliphatic carbocycles. The molecule has 2 heteroatoms. The number of rotatable bonds is 5. The summed E-state index contributed by atoms with van der Waals surface area (Å²) in [5.41, 5.74) is 1.95. The van der Waals surface area contributed by atoms with E-state index in [1.165, 1.54) is 5.56 Å². The average molecular weight is 273 g/mol. The molecule has 1 aliphatic heterocycles. The third kappa shape index (κ3) is 2.95. The molecule has 20 heavy (non-hydrogen) atoms. The lowest BCUT2D eigenvalue weighted by atomic mass is 9.71. The van der Waals surface area contributed by atoms with Crippen molar-refractivity contribution in [2.75, 3.05) is 13.1 Å². The van der Waals surface area contributed by atoms with Crippen molar-refractivity contribution in [3.05, 3.63) is 35.4 Å². The van der Waals surface area contributed by atoms with E-state index in [2.05, 4.69) is 45.1 Å². The number of carbonyl (C=O) groups excluding carboxylic acids is 1. The van der Waals surface area contributed by atoms with E-state index < -0.39 is 0 Å². The van der Waals surface area contributed by atoms with E-state index in [4.69, 9.17) is 0 Å². The Morgan fingerprint density at radius 2 is 2.05 bits per heavy atom. The van der Waals surface area contributed by atoms with Crippen LogP contribution in [0.25, 0.3) is 0 Å². The second-order valence-corrected chi connectivity index (χ2v) is 6.87. The van der Waals surface area contributed by atoms with E-state index in [0.29, 0.717) is 17.6 Å². The number of Topliss-reactive ketones (excluding diaryl/α,β-unsaturated/α-hetero) is 1. The van der Waals surface area contributed by atoms with Crippen LogP contribution in [0.2, 0.25) is 0 Å². The fraction of sp³-hybridized carbons (Fsp3) is 0.611. The van der Waals surface area contributed by atoms with Gasteiger partial charge >= 0.3 is 0 Å². The molecular formula is C18H27NO. The third-order valence-corrected chi connectivity index (χ3v) is 4.58. The molecular weight excluding hydrogens is 246 g/mol. The summed E-state index contributed by atoms with van der Waals surface area (Å²) in [7, 11) is 0. The second kappa shape index (κ2) is 6.09. The standard InChI is InChI=1S/C18H27NO/c1-13(2)10-15-6-5-7-16(11-15)17(20)18(14(3)4)8-9-19-12-18/h5-7,11,13-14,19H,8-10,12H2,1-4H3. The van der Waals surface area contributed by atoms with Crippen LogP contribution in [0, 0.1) is 17.3 Å². The zero-order valence-electron chi connectivity index (χ0n) is 13.2. The molecule has 0 spiro atoms. The van der Waals surface area contributed by atoms with Crippen molar-refractivity contribution in [2.45, 2.75) is 40.5 Å². The first-order valence-corrected chi connectivity index (χ1v) is 7.80. The minimum Gasteiger partial charge on any atom is -0.316 e. The van der Waals surface area contributed by atoms with E-state index in [1.807, 2.05) is 12.1 Å². The minimum absolute atomic E-state index is 0.212. The first kappa shape index (κ1) is 15.2. The Morgan fingerprint density at radius 3 is 2.60 bits per heavy atom. The van der Waals surface area contributed by atoms with Crippen molar-refractivity contribution < 1.29 is 4.79 Å². The van der Waals surface area contributed by atoms with Gasteiger partial charge in [0.25, 0.3) is 0 Å². The maximum Gasteiger partial charge on any atom is 0.170 e. The Labute approximate surface area is 123 Å². The summed E-state index contributed by atoms with van der Waals surface area (Å²) in [5.74, 6) is 1.31. The molecule has 0 aromatic heterocycles. The van der Waals surface area contributed by atoms with Gasteiger partial charge in [-0.2, -0.15) is 0 Å². The van der Waals surface area contributed by atoms with E-state index >= 15 is 0 Å². The molecule has 1 saturated heterocycles. The van der Waals surface area contributed by atoms with Gasteiger partial charge in [0.1, 0.15) is 0 Å². The van der Waals surface area contributed by atoms with Crippen molar-refractivity contribution >= 4 is 5.78 Å². The lowest BCUT2D eigenvalue weighted by molar-refractivity contribution is 0.0740. The number of carbonyl (C=O) groups is 1. The van der Waals surface area contributed by atoms with Gasteiger partial charge in [0.05, 0.1) is 0 Å². The third-order valence-electron chi connectivity index (χ3n) is 4.58. The van der Waals surface area contributed by atoms with Gasteiger partial charge in [-0.15, -0.1) is 0 Å². The van der Waals surface area contributed by atoms with Crippen molar-refractivity contribution in [1.82, 2.24) is 5.32 Å². The Hall–Kier alpha value is -1.15. The van der Waals surface area contributed by atoms with Gasteiger partial charge in [-0.25, -0.2) is 0 Å². The summed E-state index contributed by atoms with van der Waals surface area (Å²) in [6.45, 7) is 10.5. The number of ketones is 1. The van der Waals surface area contributed by atoms with Crippen molar-refractivity contribution in [1.29, 1.82) is 0 Å². The molecule has 2 rings (SSSR count). The fourth-order valence-corrected chi connectivity index (χ4v) is 3.26. The lowest BCUT2D eigenvalue weighted by Gasteiger charge is -2.31. The van der Waals surface area contributed by atoms with E-state index in [0.717, 1.165) is 31.5 Å². The van der Waals surface area contributed by atoms with Gasteiger partial charge in [-0.05, 0) is 42.9 Å². The first-order valence-electron chi connectivity index (χ1n) is 7.80. The summed E-state index contributed by atoms with van der Waals surface area (Å²) in [6.07, 6.45) is 1.99. The second-order valence-electron chi connectivity index (χ2n) is 6.87. The molecule has 1 heterocycles. The Morgan fingerprint density at radius 1 is 1.30 bits per heavy atom. The molecule has 0 saturated carbocycles. The molecule has 1 unspecified atom stereocenters. The van der Waals surface area contributed by atoms with Crippen LogP contribution in [0.1, 0.15) is 50.0 Å². The predicted molar refractivity (Wildman–Crippen MR) is 84.1 cm³/mol. The highest BCUT2D eigenvalue weighted by Crippen LogP contribution is 2.37. The Bertz CT molecular complexity index is 470. The van der Waals surface area contributed by atoms with Crippen LogP contribution in [0.4, 0.5) is 0 Å². The van der Waals surface area contributed by atoms with Crippen molar-refractivity contribution in [3.8, 4) is 0 Å². The Balaban J connectivity index is 2.28. The van der Waals surface area contributed by atoms with Gasteiger partial charge in [0.15, 0.2) is 5.78 Å². The van der Waals surface area contributed by atoms with Gasteiger partial charge < -0.3 is 5.32 Å². The molecule has 1 N–H and O–H groups in total. The van der Waals surface area contributed by atoms with Gasteiger partial charge in [-0.3, -0.25) is 4.79 Å². The number of nitrogens with one attached hydrogen (secondary N) is 1. The largest absolute Gasteiger partial charge is 0.316 e. The molecule has 0 amide bonds. The van der Waals surface area contributed by atoms with Gasteiger partial charge in [0, 0.05) is 17.5 Å². The normalized spacial score (nSPS) is 22.7. The monoisotopic (exact) mass is 273 g/mol. The summed E-state index contributed by atoms with van der Waals surface area (Å²) < 4.78 is 0. The smallest absolute Gasteiger partial charge is 0.170 e. The summed E-state index contributed by atoms with van der Waals surface area (Å²) in [6, 6.07) is 8.24. The van der Waals surface area contributed by atoms with E-state index in [1.54, 1.807) is 0 Å². The maximum absolute atomic E-state index is 13.0. The molecule has 1 aromatic rings. The predicted octanol–water partition coefficient (Wildman–Crippen LogP) is 3.70. The average Bonchev–Trinajstić information content (AvgIpc) is 2.88. The van der Waals surface area contributed by atoms with Gasteiger partial charge in [0.2, 0.25) is 0 Å². The van der Waals surface area contributed by atoms with Gasteiger partial charge in [-0.1, -0.05) is 45.9 Å².